The third-order valence-electron chi connectivity index (χ3n) is 1.86. The molecule has 1 heterocycles. The van der Waals surface area contributed by atoms with E-state index >= 15 is 0 Å². The second kappa shape index (κ2) is 3.83. The number of benzene rings is 1. The van der Waals surface area contributed by atoms with Gasteiger partial charge in [0.2, 0.25) is 0 Å². The average Bonchev–Trinajstić information content (AvgIpc) is 2.48. The summed E-state index contributed by atoms with van der Waals surface area (Å²) in [6.07, 6.45) is 0.357. The van der Waals surface area contributed by atoms with Gasteiger partial charge in [-0.2, -0.15) is 5.26 Å². The molecule has 0 N–H and O–H groups in total. The van der Waals surface area contributed by atoms with Crippen LogP contribution < -0.4 is 0 Å². The molecule has 0 fully saturated rings. The molecule has 0 aliphatic rings. The van der Waals surface area contributed by atoms with E-state index in [2.05, 4.69) is 28.7 Å². The Morgan fingerprint density at radius 3 is 2.93 bits per heavy atom. The summed E-state index contributed by atoms with van der Waals surface area (Å²) >= 11 is 3.57. The lowest BCUT2D eigenvalue weighted by Gasteiger charge is -1.92. The van der Waals surface area contributed by atoms with Crippen molar-refractivity contribution in [3.8, 4) is 6.07 Å². The van der Waals surface area contributed by atoms with Crippen molar-refractivity contribution in [2.45, 2.75) is 6.42 Å². The van der Waals surface area contributed by atoms with Gasteiger partial charge in [-0.15, -0.1) is 11.3 Å². The number of thiophene rings is 1. The number of halogens is 2. The van der Waals surface area contributed by atoms with Gasteiger partial charge in [0, 0.05) is 18.5 Å². The van der Waals surface area contributed by atoms with Crippen LogP contribution >= 0.6 is 33.9 Å². The lowest BCUT2D eigenvalue weighted by molar-refractivity contribution is 0.639. The molecule has 0 aliphatic heterocycles. The Labute approximate surface area is 98.3 Å². The first-order chi connectivity index (χ1) is 6.70. The quantitative estimate of drug-likeness (QED) is 0.736. The second-order valence-electron chi connectivity index (χ2n) is 2.85. The van der Waals surface area contributed by atoms with Crippen LogP contribution in [0.25, 0.3) is 10.1 Å². The van der Waals surface area contributed by atoms with Crippen LogP contribution in [0.2, 0.25) is 0 Å². The molecule has 1 aromatic heterocycles. The topological polar surface area (TPSA) is 23.8 Å². The van der Waals surface area contributed by atoms with Crippen LogP contribution in [0.4, 0.5) is 4.39 Å². The molecule has 0 saturated carbocycles. The van der Waals surface area contributed by atoms with Crippen molar-refractivity contribution in [1.82, 2.24) is 0 Å². The first-order valence-electron chi connectivity index (χ1n) is 3.95. The molecule has 1 aromatic carbocycles. The molecule has 0 saturated heterocycles. The van der Waals surface area contributed by atoms with Gasteiger partial charge >= 0.3 is 0 Å². The molecule has 1 nitrogen and oxygen atoms in total. The number of fused-ring (bicyclic) bond motifs is 1. The van der Waals surface area contributed by atoms with Crippen LogP contribution in [0.3, 0.4) is 0 Å². The van der Waals surface area contributed by atoms with Crippen LogP contribution in [0, 0.1) is 20.7 Å². The first-order valence-corrected chi connectivity index (χ1v) is 5.84. The summed E-state index contributed by atoms with van der Waals surface area (Å²) in [5.41, 5.74) is 0. The highest BCUT2D eigenvalue weighted by molar-refractivity contribution is 14.1. The van der Waals surface area contributed by atoms with Crippen LogP contribution in [0.5, 0.6) is 0 Å². The lowest BCUT2D eigenvalue weighted by atomic mass is 10.2. The highest BCUT2D eigenvalue weighted by atomic mass is 127. The van der Waals surface area contributed by atoms with Gasteiger partial charge in [0.25, 0.3) is 0 Å². The monoisotopic (exact) mass is 317 g/mol. The molecule has 0 radical (unpaired) electrons. The average molecular weight is 317 g/mol. The van der Waals surface area contributed by atoms with E-state index in [0.717, 1.165) is 13.1 Å². The molecule has 0 atom stereocenters. The van der Waals surface area contributed by atoms with Crippen molar-refractivity contribution in [3.63, 3.8) is 0 Å². The second-order valence-corrected chi connectivity index (χ2v) is 5.26. The van der Waals surface area contributed by atoms with Crippen molar-refractivity contribution in [1.29, 1.82) is 5.26 Å². The van der Waals surface area contributed by atoms with Gasteiger partial charge in [0.15, 0.2) is 0 Å². The van der Waals surface area contributed by atoms with Crippen molar-refractivity contribution in [2.24, 2.45) is 0 Å². The minimum absolute atomic E-state index is 0.202. The largest absolute Gasteiger partial charge is 0.206 e. The fourth-order valence-electron chi connectivity index (χ4n) is 1.28. The Bertz CT molecular complexity index is 527. The van der Waals surface area contributed by atoms with E-state index in [0.29, 0.717) is 11.8 Å². The van der Waals surface area contributed by atoms with Crippen molar-refractivity contribution in [3.05, 3.63) is 32.5 Å². The zero-order valence-corrected chi connectivity index (χ0v) is 10.0. The summed E-state index contributed by atoms with van der Waals surface area (Å²) in [5, 5.41) is 9.16. The zero-order chi connectivity index (χ0) is 10.1. The minimum Gasteiger partial charge on any atom is -0.206 e. The first kappa shape index (κ1) is 9.87. The Balaban J connectivity index is 2.66. The van der Waals surface area contributed by atoms with Crippen LogP contribution in [0.1, 0.15) is 4.88 Å². The molecular formula is C10H5FINS. The molecule has 0 aliphatic carbocycles. The predicted molar refractivity (Wildman–Crippen MR) is 63.8 cm³/mol. The molecule has 0 amide bonds. The Hall–Kier alpha value is -0.670. The van der Waals surface area contributed by atoms with Gasteiger partial charge in [-0.3, -0.25) is 0 Å². The molecule has 2 rings (SSSR count). The van der Waals surface area contributed by atoms with E-state index in [9.17, 15) is 4.39 Å². The molecular weight excluding hydrogens is 312 g/mol. The standard InChI is InChI=1S/C10H5FINS/c11-9-3-6(12)4-10-8(9)5-7(14-10)1-2-13/h3-5H,1H2. The van der Waals surface area contributed by atoms with E-state index in [4.69, 9.17) is 5.26 Å². The number of rotatable bonds is 1. The van der Waals surface area contributed by atoms with Gasteiger partial charge < -0.3 is 0 Å². The molecule has 0 bridgehead atoms. The minimum atomic E-state index is -0.202. The van der Waals surface area contributed by atoms with Crippen LogP contribution in [0.15, 0.2) is 18.2 Å². The van der Waals surface area contributed by atoms with Gasteiger partial charge in [-0.25, -0.2) is 4.39 Å². The number of hydrogen-bond acceptors (Lipinski definition) is 2. The van der Waals surface area contributed by atoms with E-state index < -0.39 is 0 Å². The summed E-state index contributed by atoms with van der Waals surface area (Å²) in [4.78, 5) is 0.920. The smallest absolute Gasteiger partial charge is 0.132 e. The Morgan fingerprint density at radius 1 is 1.43 bits per heavy atom. The molecule has 0 spiro atoms. The van der Waals surface area contributed by atoms with Gasteiger partial charge in [-0.05, 0) is 40.8 Å². The van der Waals surface area contributed by atoms with E-state index in [1.54, 1.807) is 6.07 Å². The maximum absolute atomic E-state index is 13.4. The summed E-state index contributed by atoms with van der Waals surface area (Å²) in [7, 11) is 0. The van der Waals surface area contributed by atoms with E-state index in [-0.39, 0.29) is 5.82 Å². The Kier molecular flexibility index (Phi) is 2.70. The summed E-state index contributed by atoms with van der Waals surface area (Å²) in [6.45, 7) is 0. The highest BCUT2D eigenvalue weighted by Gasteiger charge is 2.07. The molecule has 14 heavy (non-hydrogen) atoms. The SMILES string of the molecule is N#CCc1cc2c(F)cc(I)cc2s1. The fraction of sp³-hybridized carbons (Fsp3) is 0.100. The van der Waals surface area contributed by atoms with Gasteiger partial charge in [0.05, 0.1) is 12.5 Å². The molecule has 4 heteroatoms. The maximum atomic E-state index is 13.4. The van der Waals surface area contributed by atoms with Crippen molar-refractivity contribution in [2.75, 3.05) is 0 Å². The van der Waals surface area contributed by atoms with E-state index in [1.807, 2.05) is 6.07 Å². The van der Waals surface area contributed by atoms with E-state index in [1.165, 1.54) is 17.4 Å². The van der Waals surface area contributed by atoms with Gasteiger partial charge in [0.1, 0.15) is 5.82 Å². The lowest BCUT2D eigenvalue weighted by Crippen LogP contribution is -1.76. The number of nitriles is 1. The summed E-state index contributed by atoms with van der Waals surface area (Å²) < 4.78 is 15.2. The maximum Gasteiger partial charge on any atom is 0.132 e. The predicted octanol–water partition coefficient (Wildman–Crippen LogP) is 3.71. The van der Waals surface area contributed by atoms with Crippen LogP contribution in [-0.2, 0) is 6.42 Å². The normalized spacial score (nSPS) is 10.4. The third-order valence-corrected chi connectivity index (χ3v) is 3.56. The fourth-order valence-corrected chi connectivity index (χ4v) is 3.13. The molecule has 70 valence electrons. The van der Waals surface area contributed by atoms with Crippen molar-refractivity contribution < 1.29 is 4.39 Å². The Morgan fingerprint density at radius 2 is 2.21 bits per heavy atom. The molecule has 0 unspecified atom stereocenters. The van der Waals surface area contributed by atoms with Crippen LogP contribution in [-0.4, -0.2) is 0 Å². The van der Waals surface area contributed by atoms with Crippen molar-refractivity contribution >= 4 is 44.0 Å². The third kappa shape index (κ3) is 1.74. The highest BCUT2D eigenvalue weighted by Crippen LogP contribution is 2.29. The number of nitrogens with zero attached hydrogens (tertiary/aromatic N) is 1. The van der Waals surface area contributed by atoms with Gasteiger partial charge in [-0.1, -0.05) is 0 Å². The number of hydrogen-bond donors (Lipinski definition) is 0. The molecule has 2 aromatic rings. The summed E-state index contributed by atoms with van der Waals surface area (Å²) in [5.74, 6) is -0.202. The zero-order valence-electron chi connectivity index (χ0n) is 7.05. The summed E-state index contributed by atoms with van der Waals surface area (Å²) in [6, 6.07) is 7.26.